The van der Waals surface area contributed by atoms with E-state index in [2.05, 4.69) is 10.2 Å². The summed E-state index contributed by atoms with van der Waals surface area (Å²) in [6.07, 6.45) is 2.41. The van der Waals surface area contributed by atoms with E-state index in [1.54, 1.807) is 4.90 Å². The molecule has 9 nitrogen and oxygen atoms in total. The van der Waals surface area contributed by atoms with Crippen molar-refractivity contribution >= 4 is 40.8 Å². The summed E-state index contributed by atoms with van der Waals surface area (Å²) in [4.78, 5) is 53.7. The first-order valence-corrected chi connectivity index (χ1v) is 11.2. The number of hydrogen-bond acceptors (Lipinski definition) is 7. The van der Waals surface area contributed by atoms with Crippen molar-refractivity contribution in [3.05, 3.63) is 53.6 Å². The average molecular weight is 466 g/mol. The molecule has 2 aromatic rings. The van der Waals surface area contributed by atoms with Gasteiger partial charge in [0.25, 0.3) is 0 Å². The molecule has 2 amide bonds. The van der Waals surface area contributed by atoms with Crippen molar-refractivity contribution in [2.24, 2.45) is 5.92 Å². The van der Waals surface area contributed by atoms with Crippen molar-refractivity contribution in [1.29, 1.82) is 0 Å². The third kappa shape index (κ3) is 4.73. The highest BCUT2D eigenvalue weighted by Gasteiger charge is 2.35. The molecule has 1 atom stereocenters. The fourth-order valence-electron chi connectivity index (χ4n) is 4.37. The van der Waals surface area contributed by atoms with Crippen LogP contribution in [-0.2, 0) is 19.1 Å². The molecule has 2 heterocycles. The fourth-order valence-corrected chi connectivity index (χ4v) is 4.37. The smallest absolute Gasteiger partial charge is 0.339 e. The molecule has 0 saturated carbocycles. The average Bonchev–Trinajstić information content (AvgIpc) is 3.53. The molecule has 2 aliphatic rings. The van der Waals surface area contributed by atoms with Gasteiger partial charge in [-0.3, -0.25) is 9.59 Å². The first-order valence-electron chi connectivity index (χ1n) is 11.2. The summed E-state index contributed by atoms with van der Waals surface area (Å²) >= 11 is 0. The second-order valence-electron chi connectivity index (χ2n) is 8.35. The van der Waals surface area contributed by atoms with Crippen molar-refractivity contribution in [1.82, 2.24) is 0 Å². The van der Waals surface area contributed by atoms with E-state index in [1.807, 2.05) is 24.3 Å². The number of hydrogen-bond donors (Lipinski definition) is 1. The molecule has 2 aromatic carbocycles. The molecule has 1 N–H and O–H groups in total. The Kier molecular flexibility index (Phi) is 6.81. The van der Waals surface area contributed by atoms with E-state index in [1.165, 1.54) is 45.3 Å². The molecule has 2 saturated heterocycles. The maximum Gasteiger partial charge on any atom is 0.339 e. The zero-order chi connectivity index (χ0) is 24.2. The molecule has 0 bridgehead atoms. The number of ether oxygens (including phenoxy) is 2. The van der Waals surface area contributed by atoms with Crippen molar-refractivity contribution in [3.63, 3.8) is 0 Å². The van der Waals surface area contributed by atoms with Crippen LogP contribution in [0.3, 0.4) is 0 Å². The Bertz CT molecular complexity index is 1110. The summed E-state index contributed by atoms with van der Waals surface area (Å²) in [5, 5.41) is 2.69. The van der Waals surface area contributed by atoms with Gasteiger partial charge in [0.15, 0.2) is 0 Å². The molecule has 9 heteroatoms. The lowest BCUT2D eigenvalue weighted by atomic mass is 10.1. The summed E-state index contributed by atoms with van der Waals surface area (Å²) in [6, 6.07) is 12.0. The van der Waals surface area contributed by atoms with E-state index in [-0.39, 0.29) is 35.7 Å². The third-order valence-electron chi connectivity index (χ3n) is 6.23. The van der Waals surface area contributed by atoms with Crippen LogP contribution >= 0.6 is 0 Å². The minimum Gasteiger partial charge on any atom is -0.465 e. The summed E-state index contributed by atoms with van der Waals surface area (Å²) in [7, 11) is 2.47. The highest BCUT2D eigenvalue weighted by molar-refractivity contribution is 6.07. The van der Waals surface area contributed by atoms with E-state index in [0.717, 1.165) is 24.5 Å². The van der Waals surface area contributed by atoms with Crippen LogP contribution < -0.4 is 15.1 Å². The standard InChI is InChI=1S/C25H27N3O6/c1-33-24(31)16-5-10-20(25(32)34-2)21(13-16)26-23(30)17-14-22(29)28(15-17)19-8-6-18(7-9-19)27-11-3-4-12-27/h5-10,13,17H,3-4,11-12,14-15H2,1-2H3,(H,26,30). The summed E-state index contributed by atoms with van der Waals surface area (Å²) in [5.41, 5.74) is 2.27. The van der Waals surface area contributed by atoms with Gasteiger partial charge in [0, 0.05) is 37.4 Å². The predicted molar refractivity (Wildman–Crippen MR) is 126 cm³/mol. The Balaban J connectivity index is 1.48. The van der Waals surface area contributed by atoms with Gasteiger partial charge >= 0.3 is 11.9 Å². The Hall–Kier alpha value is -3.88. The number of anilines is 3. The minimum absolute atomic E-state index is 0.0456. The van der Waals surface area contributed by atoms with Gasteiger partial charge in [-0.15, -0.1) is 0 Å². The molecule has 0 radical (unpaired) electrons. The summed E-state index contributed by atoms with van der Waals surface area (Å²) in [6.45, 7) is 2.29. The first-order chi connectivity index (χ1) is 16.4. The Morgan fingerprint density at radius 3 is 2.21 bits per heavy atom. The highest BCUT2D eigenvalue weighted by atomic mass is 16.5. The largest absolute Gasteiger partial charge is 0.465 e. The van der Waals surface area contributed by atoms with Crippen molar-refractivity contribution in [3.8, 4) is 0 Å². The van der Waals surface area contributed by atoms with Gasteiger partial charge in [-0.25, -0.2) is 9.59 Å². The number of benzene rings is 2. The molecule has 0 aliphatic carbocycles. The van der Waals surface area contributed by atoms with Gasteiger partial charge in [-0.2, -0.15) is 0 Å². The molecule has 4 rings (SSSR count). The summed E-state index contributed by atoms with van der Waals surface area (Å²) < 4.78 is 9.50. The van der Waals surface area contributed by atoms with Crippen LogP contribution in [0.4, 0.5) is 17.1 Å². The molecule has 34 heavy (non-hydrogen) atoms. The van der Waals surface area contributed by atoms with Gasteiger partial charge in [0.1, 0.15) is 0 Å². The number of esters is 2. The van der Waals surface area contributed by atoms with E-state index >= 15 is 0 Å². The lowest BCUT2D eigenvalue weighted by Crippen LogP contribution is -2.28. The monoisotopic (exact) mass is 465 g/mol. The maximum atomic E-state index is 13.0. The Labute approximate surface area is 197 Å². The quantitative estimate of drug-likeness (QED) is 0.654. The van der Waals surface area contributed by atoms with Crippen LogP contribution in [0.25, 0.3) is 0 Å². The summed E-state index contributed by atoms with van der Waals surface area (Å²) in [5.74, 6) is -2.44. The molecule has 0 spiro atoms. The third-order valence-corrected chi connectivity index (χ3v) is 6.23. The number of rotatable bonds is 6. The van der Waals surface area contributed by atoms with Crippen LogP contribution in [0.15, 0.2) is 42.5 Å². The predicted octanol–water partition coefficient (Wildman–Crippen LogP) is 2.85. The second kappa shape index (κ2) is 9.94. The number of amides is 2. The zero-order valence-electron chi connectivity index (χ0n) is 19.2. The number of carbonyl (C=O) groups is 4. The van der Waals surface area contributed by atoms with E-state index in [0.29, 0.717) is 0 Å². The van der Waals surface area contributed by atoms with Crippen molar-refractivity contribution in [2.75, 3.05) is 49.0 Å². The lowest BCUT2D eigenvalue weighted by molar-refractivity contribution is -0.122. The van der Waals surface area contributed by atoms with E-state index in [4.69, 9.17) is 9.47 Å². The van der Waals surface area contributed by atoms with Crippen LogP contribution in [0.2, 0.25) is 0 Å². The number of carbonyl (C=O) groups excluding carboxylic acids is 4. The number of nitrogens with one attached hydrogen (secondary N) is 1. The second-order valence-corrected chi connectivity index (χ2v) is 8.35. The van der Waals surface area contributed by atoms with Gasteiger partial charge < -0.3 is 24.6 Å². The van der Waals surface area contributed by atoms with Gasteiger partial charge in [-0.1, -0.05) is 0 Å². The van der Waals surface area contributed by atoms with Crippen LogP contribution in [0.5, 0.6) is 0 Å². The molecular weight excluding hydrogens is 438 g/mol. The SMILES string of the molecule is COC(=O)c1ccc(C(=O)OC)c(NC(=O)C2CC(=O)N(c3ccc(N4CCCC4)cc3)C2)c1. The minimum atomic E-state index is -0.658. The fraction of sp³-hybridized carbons (Fsp3) is 0.360. The Morgan fingerprint density at radius 1 is 0.912 bits per heavy atom. The molecule has 2 fully saturated rings. The Morgan fingerprint density at radius 2 is 1.56 bits per heavy atom. The lowest BCUT2D eigenvalue weighted by Gasteiger charge is -2.21. The topological polar surface area (TPSA) is 105 Å². The van der Waals surface area contributed by atoms with Crippen LogP contribution in [-0.4, -0.2) is 57.6 Å². The van der Waals surface area contributed by atoms with Gasteiger partial charge in [-0.05, 0) is 55.3 Å². The number of methoxy groups -OCH3 is 2. The molecule has 178 valence electrons. The van der Waals surface area contributed by atoms with Crippen LogP contribution in [0.1, 0.15) is 40.0 Å². The maximum absolute atomic E-state index is 13.0. The molecule has 2 aliphatic heterocycles. The molecular formula is C25H27N3O6. The van der Waals surface area contributed by atoms with E-state index in [9.17, 15) is 19.2 Å². The zero-order valence-corrected chi connectivity index (χ0v) is 19.2. The van der Waals surface area contributed by atoms with Crippen molar-refractivity contribution < 1.29 is 28.7 Å². The van der Waals surface area contributed by atoms with Crippen molar-refractivity contribution in [2.45, 2.75) is 19.3 Å². The van der Waals surface area contributed by atoms with Gasteiger partial charge in [0.2, 0.25) is 11.8 Å². The first kappa shape index (κ1) is 23.3. The van der Waals surface area contributed by atoms with E-state index < -0.39 is 23.8 Å². The highest BCUT2D eigenvalue weighted by Crippen LogP contribution is 2.29. The van der Waals surface area contributed by atoms with Crippen LogP contribution in [0, 0.1) is 5.92 Å². The normalized spacial score (nSPS) is 17.6. The number of nitrogens with zero attached hydrogens (tertiary/aromatic N) is 2. The molecule has 1 unspecified atom stereocenters. The molecule has 0 aromatic heterocycles. The van der Waals surface area contributed by atoms with Gasteiger partial charge in [0.05, 0.1) is 37.0 Å².